The molecule has 276 valence electrons. The zero-order valence-electron chi connectivity index (χ0n) is 32.0. The van der Waals surface area contributed by atoms with Crippen molar-refractivity contribution in [1.82, 2.24) is 0 Å². The lowest BCUT2D eigenvalue weighted by atomic mass is 9.93. The van der Waals surface area contributed by atoms with Crippen LogP contribution < -0.4 is 4.90 Å². The fourth-order valence-electron chi connectivity index (χ4n) is 9.16. The van der Waals surface area contributed by atoms with E-state index in [0.717, 1.165) is 94.1 Å². The van der Waals surface area contributed by atoms with Gasteiger partial charge in [-0.1, -0.05) is 170 Å². The van der Waals surface area contributed by atoms with Gasteiger partial charge in [0.05, 0.1) is 11.1 Å². The maximum Gasteiger partial charge on any atom is 0.143 e. The minimum absolute atomic E-state index is 0.843. The normalized spacial score (nSPS) is 11.7. The fraction of sp³-hybridized carbons (Fsp3) is 0. The number of para-hydroxylation sites is 2. The number of nitrogens with zero attached hydrogens (tertiary/aromatic N) is 1. The number of benzene rings is 10. The third-order valence-electron chi connectivity index (χ3n) is 11.9. The van der Waals surface area contributed by atoms with Crippen LogP contribution in [0.4, 0.5) is 17.1 Å². The zero-order valence-corrected chi connectivity index (χ0v) is 32.0. The number of furan rings is 2. The van der Waals surface area contributed by atoms with Gasteiger partial charge in [0.25, 0.3) is 0 Å². The van der Waals surface area contributed by atoms with E-state index in [4.69, 9.17) is 8.83 Å². The van der Waals surface area contributed by atoms with Crippen LogP contribution in [0, 0.1) is 0 Å². The minimum Gasteiger partial charge on any atom is -0.455 e. The lowest BCUT2D eigenvalue weighted by Gasteiger charge is -2.29. The van der Waals surface area contributed by atoms with Gasteiger partial charge in [0.2, 0.25) is 0 Å². The molecule has 12 rings (SSSR count). The van der Waals surface area contributed by atoms with Crippen LogP contribution in [-0.2, 0) is 0 Å². The Labute approximate surface area is 340 Å². The van der Waals surface area contributed by atoms with Crippen LogP contribution in [0.1, 0.15) is 0 Å². The van der Waals surface area contributed by atoms with Crippen LogP contribution in [0.15, 0.2) is 221 Å². The monoisotopic (exact) mass is 753 g/mol. The molecule has 0 saturated heterocycles. The highest BCUT2D eigenvalue weighted by Gasteiger charge is 2.26. The second kappa shape index (κ2) is 13.4. The second-order valence-electron chi connectivity index (χ2n) is 15.2. The van der Waals surface area contributed by atoms with Gasteiger partial charge in [0, 0.05) is 44.0 Å². The Morgan fingerprint density at radius 1 is 0.271 bits per heavy atom. The van der Waals surface area contributed by atoms with Gasteiger partial charge in [0.1, 0.15) is 22.3 Å². The van der Waals surface area contributed by atoms with Gasteiger partial charge in [-0.2, -0.15) is 0 Å². The highest BCUT2D eigenvalue weighted by molar-refractivity contribution is 6.33. The molecular weight excluding hydrogens is 719 g/mol. The van der Waals surface area contributed by atoms with E-state index in [2.05, 4.69) is 205 Å². The molecule has 3 nitrogen and oxygen atoms in total. The molecule has 0 aliphatic rings. The van der Waals surface area contributed by atoms with Crippen molar-refractivity contribution in [1.29, 1.82) is 0 Å². The van der Waals surface area contributed by atoms with Crippen LogP contribution in [-0.4, -0.2) is 0 Å². The van der Waals surface area contributed by atoms with E-state index >= 15 is 0 Å². The summed E-state index contributed by atoms with van der Waals surface area (Å²) < 4.78 is 13.5. The fourth-order valence-corrected chi connectivity index (χ4v) is 9.16. The van der Waals surface area contributed by atoms with Crippen LogP contribution in [0.2, 0.25) is 0 Å². The molecular formula is C56H35NO2. The summed E-state index contributed by atoms with van der Waals surface area (Å²) in [6.07, 6.45) is 0. The van der Waals surface area contributed by atoms with Crippen molar-refractivity contribution in [2.75, 3.05) is 4.90 Å². The van der Waals surface area contributed by atoms with Crippen molar-refractivity contribution in [2.45, 2.75) is 0 Å². The number of rotatable bonds is 6. The van der Waals surface area contributed by atoms with Crippen molar-refractivity contribution in [3.8, 4) is 33.4 Å². The Hall–Kier alpha value is -7.88. The highest BCUT2D eigenvalue weighted by atomic mass is 16.3. The van der Waals surface area contributed by atoms with E-state index in [1.165, 1.54) is 21.7 Å². The Kier molecular flexibility index (Phi) is 7.54. The molecule has 12 aromatic rings. The average Bonchev–Trinajstić information content (AvgIpc) is 3.90. The van der Waals surface area contributed by atoms with E-state index in [9.17, 15) is 0 Å². The molecule has 0 aliphatic heterocycles. The molecule has 2 heterocycles. The van der Waals surface area contributed by atoms with Gasteiger partial charge in [-0.3, -0.25) is 0 Å². The SMILES string of the molecule is c1ccc(-c2ccc(N(c3ccc(-c4cccc5c4oc4ccccc45)cc3)c3c(-c4ccccc4)ccc4oc5c6ccccc6c6ccccc6c5c34)cc2)cc1. The first kappa shape index (κ1) is 33.3. The third-order valence-corrected chi connectivity index (χ3v) is 11.9. The molecule has 0 aliphatic carbocycles. The summed E-state index contributed by atoms with van der Waals surface area (Å²) in [6, 6.07) is 75.6. The molecule has 0 unspecified atom stereocenters. The Morgan fingerprint density at radius 3 is 1.47 bits per heavy atom. The van der Waals surface area contributed by atoms with E-state index in [0.29, 0.717) is 0 Å². The predicted octanol–water partition coefficient (Wildman–Crippen LogP) is 16.3. The standard InChI is InChI=1S/C56H35NO2/c1-3-14-36(15-4-1)37-26-30-40(31-27-37)57(41-32-28-39(29-33-41)43-23-13-24-49-46-20-11-12-25-50(46)58-55(43)49)54-42(38-16-5-2-6-17-38)34-35-51-53(54)52-47-21-9-7-18-44(47)45-19-8-10-22-48(45)56(52)59-51/h1-35H. The second-order valence-corrected chi connectivity index (χ2v) is 15.2. The lowest BCUT2D eigenvalue weighted by molar-refractivity contribution is 0.670. The molecule has 0 fully saturated rings. The summed E-state index contributed by atoms with van der Waals surface area (Å²) in [7, 11) is 0. The molecule has 2 aromatic heterocycles. The smallest absolute Gasteiger partial charge is 0.143 e. The van der Waals surface area contributed by atoms with Crippen molar-refractivity contribution >= 4 is 82.5 Å². The maximum atomic E-state index is 7.01. The van der Waals surface area contributed by atoms with Crippen LogP contribution >= 0.6 is 0 Å². The van der Waals surface area contributed by atoms with E-state index in [1.807, 2.05) is 12.1 Å². The third kappa shape index (κ3) is 5.29. The first-order valence-corrected chi connectivity index (χ1v) is 20.1. The Bertz CT molecular complexity index is 3530. The molecule has 0 radical (unpaired) electrons. The maximum absolute atomic E-state index is 7.01. The molecule has 0 amide bonds. The summed E-state index contributed by atoms with van der Waals surface area (Å²) in [5, 5.41) is 9.09. The molecule has 0 spiro atoms. The predicted molar refractivity (Wildman–Crippen MR) is 247 cm³/mol. The van der Waals surface area contributed by atoms with Gasteiger partial charge in [0.15, 0.2) is 0 Å². The summed E-state index contributed by atoms with van der Waals surface area (Å²) in [4.78, 5) is 2.42. The van der Waals surface area contributed by atoms with Gasteiger partial charge in [-0.25, -0.2) is 0 Å². The Morgan fingerprint density at radius 2 is 0.763 bits per heavy atom. The van der Waals surface area contributed by atoms with E-state index < -0.39 is 0 Å². The van der Waals surface area contributed by atoms with Gasteiger partial charge in [-0.05, 0) is 80.9 Å². The molecule has 59 heavy (non-hydrogen) atoms. The van der Waals surface area contributed by atoms with Gasteiger partial charge < -0.3 is 13.7 Å². The topological polar surface area (TPSA) is 29.5 Å². The van der Waals surface area contributed by atoms with Crippen molar-refractivity contribution < 1.29 is 8.83 Å². The zero-order chi connectivity index (χ0) is 38.9. The number of fused-ring (bicyclic) bond motifs is 11. The lowest BCUT2D eigenvalue weighted by Crippen LogP contribution is -2.12. The molecule has 0 N–H and O–H groups in total. The van der Waals surface area contributed by atoms with Crippen molar-refractivity contribution in [3.05, 3.63) is 212 Å². The quantitative estimate of drug-likeness (QED) is 0.158. The van der Waals surface area contributed by atoms with Gasteiger partial charge >= 0.3 is 0 Å². The molecule has 0 saturated carbocycles. The van der Waals surface area contributed by atoms with E-state index in [-0.39, 0.29) is 0 Å². The minimum atomic E-state index is 0.843. The molecule has 0 bridgehead atoms. The highest BCUT2D eigenvalue weighted by Crippen LogP contribution is 2.51. The Balaban J connectivity index is 1.15. The number of anilines is 3. The largest absolute Gasteiger partial charge is 0.455 e. The van der Waals surface area contributed by atoms with Crippen LogP contribution in [0.3, 0.4) is 0 Å². The first-order valence-electron chi connectivity index (χ1n) is 20.1. The number of hydrogen-bond acceptors (Lipinski definition) is 3. The summed E-state index contributed by atoms with van der Waals surface area (Å²) in [5.41, 5.74) is 13.4. The van der Waals surface area contributed by atoms with Crippen LogP contribution in [0.25, 0.3) is 98.8 Å². The van der Waals surface area contributed by atoms with Crippen LogP contribution in [0.5, 0.6) is 0 Å². The average molecular weight is 754 g/mol. The summed E-state index contributed by atoms with van der Waals surface area (Å²) in [6.45, 7) is 0. The van der Waals surface area contributed by atoms with Crippen molar-refractivity contribution in [3.63, 3.8) is 0 Å². The van der Waals surface area contributed by atoms with Gasteiger partial charge in [-0.15, -0.1) is 0 Å². The molecule has 10 aromatic carbocycles. The first-order chi connectivity index (χ1) is 29.3. The number of hydrogen-bond donors (Lipinski definition) is 0. The van der Waals surface area contributed by atoms with Crippen molar-refractivity contribution in [2.24, 2.45) is 0 Å². The van der Waals surface area contributed by atoms with E-state index in [1.54, 1.807) is 0 Å². The molecule has 3 heteroatoms. The summed E-state index contributed by atoms with van der Waals surface area (Å²) in [5.74, 6) is 0. The molecule has 0 atom stereocenters. The summed E-state index contributed by atoms with van der Waals surface area (Å²) >= 11 is 0.